The number of hydrogen-bond acceptors (Lipinski definition) is 8. The number of carbonyl (C=O) groups is 3. The van der Waals surface area contributed by atoms with Gasteiger partial charge in [0.15, 0.2) is 0 Å². The van der Waals surface area contributed by atoms with Crippen LogP contribution < -0.4 is 15.8 Å². The first-order chi connectivity index (χ1) is 15.7. The van der Waals surface area contributed by atoms with Gasteiger partial charge in [-0.3, -0.25) is 45.5 Å². The quantitative estimate of drug-likeness (QED) is 0.500. The van der Waals surface area contributed by atoms with Crippen molar-refractivity contribution in [2.75, 3.05) is 31.1 Å². The highest BCUT2D eigenvalue weighted by Crippen LogP contribution is 2.30. The Morgan fingerprint density at radius 3 is 2.00 bits per heavy atom. The van der Waals surface area contributed by atoms with Gasteiger partial charge in [-0.2, -0.15) is 0 Å². The van der Waals surface area contributed by atoms with Crippen LogP contribution in [0.4, 0.5) is 17.1 Å². The summed E-state index contributed by atoms with van der Waals surface area (Å²) >= 11 is 0. The predicted molar refractivity (Wildman–Crippen MR) is 116 cm³/mol. The van der Waals surface area contributed by atoms with Crippen LogP contribution in [0.3, 0.4) is 0 Å². The number of rotatable bonds is 5. The van der Waals surface area contributed by atoms with E-state index in [0.717, 1.165) is 12.1 Å². The van der Waals surface area contributed by atoms with Gasteiger partial charge < -0.3 is 9.80 Å². The molecule has 1 saturated heterocycles. The van der Waals surface area contributed by atoms with Crippen molar-refractivity contribution in [1.29, 1.82) is 0 Å². The van der Waals surface area contributed by atoms with Crippen LogP contribution in [0, 0.1) is 20.2 Å². The van der Waals surface area contributed by atoms with Crippen LogP contribution in [-0.2, 0) is 4.79 Å². The van der Waals surface area contributed by atoms with E-state index in [1.54, 1.807) is 9.80 Å². The molecule has 13 nitrogen and oxygen atoms in total. The number of nitro benzene ring substituents is 2. The smallest absolute Gasteiger partial charge is 0.293 e. The number of non-ortho nitro benzene ring substituents is 1. The number of nitro groups is 2. The molecule has 0 bridgehead atoms. The highest BCUT2D eigenvalue weighted by atomic mass is 16.6. The standard InChI is InChI=1S/C20H20N6O7/c1-13(27)23-7-9-24(10-8-23)17-6-5-15(12-18(17)26(32)33)20(29)22-21-19(28)14-3-2-4-16(11-14)25(30)31/h2-6,11-12H,7-10H2,1H3,(H,21,28)(H,22,29). The van der Waals surface area contributed by atoms with Crippen molar-refractivity contribution in [3.63, 3.8) is 0 Å². The molecule has 0 unspecified atom stereocenters. The van der Waals surface area contributed by atoms with Crippen LogP contribution in [0.2, 0.25) is 0 Å². The summed E-state index contributed by atoms with van der Waals surface area (Å²) in [4.78, 5) is 60.7. The van der Waals surface area contributed by atoms with Crippen molar-refractivity contribution < 1.29 is 24.2 Å². The molecule has 2 aromatic rings. The minimum atomic E-state index is -0.801. The zero-order valence-electron chi connectivity index (χ0n) is 17.5. The monoisotopic (exact) mass is 456 g/mol. The molecule has 3 amide bonds. The summed E-state index contributed by atoms with van der Waals surface area (Å²) in [5.74, 6) is -1.66. The Morgan fingerprint density at radius 2 is 1.45 bits per heavy atom. The number of piperazine rings is 1. The molecule has 0 saturated carbocycles. The lowest BCUT2D eigenvalue weighted by Crippen LogP contribution is -2.48. The summed E-state index contributed by atoms with van der Waals surface area (Å²) in [6.07, 6.45) is 0. The first-order valence-electron chi connectivity index (χ1n) is 9.81. The molecule has 1 fully saturated rings. The van der Waals surface area contributed by atoms with Gasteiger partial charge in [0.05, 0.1) is 9.85 Å². The molecule has 1 aliphatic rings. The number of hydrogen-bond donors (Lipinski definition) is 2. The van der Waals surface area contributed by atoms with Crippen molar-refractivity contribution >= 4 is 34.8 Å². The van der Waals surface area contributed by atoms with Crippen LogP contribution in [-0.4, -0.2) is 58.6 Å². The van der Waals surface area contributed by atoms with Crippen molar-refractivity contribution in [1.82, 2.24) is 15.8 Å². The average molecular weight is 456 g/mol. The van der Waals surface area contributed by atoms with E-state index in [1.165, 1.54) is 37.3 Å². The van der Waals surface area contributed by atoms with Crippen LogP contribution >= 0.6 is 0 Å². The normalized spacial score (nSPS) is 13.2. The van der Waals surface area contributed by atoms with E-state index in [-0.39, 0.29) is 28.4 Å². The second kappa shape index (κ2) is 9.72. The molecule has 0 atom stereocenters. The lowest BCUT2D eigenvalue weighted by molar-refractivity contribution is -0.384. The number of nitrogens with one attached hydrogen (secondary N) is 2. The van der Waals surface area contributed by atoms with Crippen LogP contribution in [0.5, 0.6) is 0 Å². The third-order valence-corrected chi connectivity index (χ3v) is 5.11. The number of benzene rings is 2. The molecule has 172 valence electrons. The minimum Gasteiger partial charge on any atom is -0.362 e. The Labute approximate surface area is 187 Å². The second-order valence-corrected chi connectivity index (χ2v) is 7.17. The first kappa shape index (κ1) is 23.1. The molecular formula is C20H20N6O7. The third kappa shape index (κ3) is 5.39. The highest BCUT2D eigenvalue weighted by Gasteiger charge is 2.26. The molecule has 13 heteroatoms. The van der Waals surface area contributed by atoms with Gasteiger partial charge >= 0.3 is 0 Å². The number of carbonyl (C=O) groups excluding carboxylic acids is 3. The fourth-order valence-electron chi connectivity index (χ4n) is 3.36. The minimum absolute atomic E-state index is 0.0458. The first-order valence-corrected chi connectivity index (χ1v) is 9.81. The third-order valence-electron chi connectivity index (χ3n) is 5.11. The van der Waals surface area contributed by atoms with Crippen LogP contribution in [0.15, 0.2) is 42.5 Å². The molecule has 1 aliphatic heterocycles. The average Bonchev–Trinajstić information content (AvgIpc) is 2.82. The number of anilines is 1. The number of nitrogens with zero attached hydrogens (tertiary/aromatic N) is 4. The molecule has 3 rings (SSSR count). The molecular weight excluding hydrogens is 436 g/mol. The maximum Gasteiger partial charge on any atom is 0.293 e. The van der Waals surface area contributed by atoms with Gasteiger partial charge in [0.1, 0.15) is 5.69 Å². The van der Waals surface area contributed by atoms with E-state index in [2.05, 4.69) is 10.9 Å². The lowest BCUT2D eigenvalue weighted by Gasteiger charge is -2.35. The molecule has 33 heavy (non-hydrogen) atoms. The van der Waals surface area contributed by atoms with Gasteiger partial charge in [-0.1, -0.05) is 6.07 Å². The van der Waals surface area contributed by atoms with E-state index >= 15 is 0 Å². The lowest BCUT2D eigenvalue weighted by atomic mass is 10.1. The summed E-state index contributed by atoms with van der Waals surface area (Å²) in [7, 11) is 0. The topological polar surface area (TPSA) is 168 Å². The van der Waals surface area contributed by atoms with Crippen molar-refractivity contribution in [3.8, 4) is 0 Å². The van der Waals surface area contributed by atoms with E-state index in [1.807, 2.05) is 0 Å². The highest BCUT2D eigenvalue weighted by molar-refractivity contribution is 6.00. The summed E-state index contributed by atoms with van der Waals surface area (Å²) in [6.45, 7) is 3.14. The molecule has 0 radical (unpaired) electrons. The zero-order valence-corrected chi connectivity index (χ0v) is 17.5. The van der Waals surface area contributed by atoms with E-state index < -0.39 is 21.7 Å². The number of hydrazine groups is 1. The van der Waals surface area contributed by atoms with E-state index in [0.29, 0.717) is 31.9 Å². The molecule has 0 spiro atoms. The van der Waals surface area contributed by atoms with Crippen LogP contribution in [0.1, 0.15) is 27.6 Å². The maximum atomic E-state index is 12.4. The Morgan fingerprint density at radius 1 is 0.848 bits per heavy atom. The molecule has 0 aliphatic carbocycles. The van der Waals surface area contributed by atoms with Crippen molar-refractivity contribution in [2.24, 2.45) is 0 Å². The fraction of sp³-hybridized carbons (Fsp3) is 0.250. The second-order valence-electron chi connectivity index (χ2n) is 7.17. The van der Waals surface area contributed by atoms with E-state index in [4.69, 9.17) is 0 Å². The zero-order chi connectivity index (χ0) is 24.1. The number of amides is 3. The van der Waals surface area contributed by atoms with Gasteiger partial charge in [0, 0.05) is 62.4 Å². The van der Waals surface area contributed by atoms with Gasteiger partial charge in [-0.25, -0.2) is 0 Å². The van der Waals surface area contributed by atoms with E-state index in [9.17, 15) is 34.6 Å². The summed E-state index contributed by atoms with van der Waals surface area (Å²) in [6, 6.07) is 8.85. The molecule has 0 aromatic heterocycles. The van der Waals surface area contributed by atoms with Gasteiger partial charge in [-0.05, 0) is 18.2 Å². The Kier molecular flexibility index (Phi) is 6.81. The molecule has 2 N–H and O–H groups in total. The van der Waals surface area contributed by atoms with Crippen molar-refractivity contribution in [3.05, 3.63) is 73.8 Å². The maximum absolute atomic E-state index is 12.4. The van der Waals surface area contributed by atoms with Gasteiger partial charge in [-0.15, -0.1) is 0 Å². The Hall–Kier alpha value is -4.55. The summed E-state index contributed by atoms with van der Waals surface area (Å²) in [5, 5.41) is 22.4. The van der Waals surface area contributed by atoms with Crippen molar-refractivity contribution in [2.45, 2.75) is 6.92 Å². The Bertz CT molecular complexity index is 1130. The molecule has 1 heterocycles. The summed E-state index contributed by atoms with van der Waals surface area (Å²) in [5.41, 5.74) is 3.90. The Balaban J connectivity index is 1.70. The van der Waals surface area contributed by atoms with Gasteiger partial charge in [0.25, 0.3) is 23.2 Å². The van der Waals surface area contributed by atoms with Crippen LogP contribution in [0.25, 0.3) is 0 Å². The van der Waals surface area contributed by atoms with Gasteiger partial charge in [0.2, 0.25) is 5.91 Å². The SMILES string of the molecule is CC(=O)N1CCN(c2ccc(C(=O)NNC(=O)c3cccc([N+](=O)[O-])c3)cc2[N+](=O)[O-])CC1. The fourth-order valence-corrected chi connectivity index (χ4v) is 3.36. The predicted octanol–water partition coefficient (Wildman–Crippen LogP) is 1.25. The molecule has 2 aromatic carbocycles. The summed E-state index contributed by atoms with van der Waals surface area (Å²) < 4.78 is 0. The largest absolute Gasteiger partial charge is 0.362 e.